The van der Waals surface area contributed by atoms with Crippen LogP contribution in [-0.2, 0) is 23.8 Å². The van der Waals surface area contributed by atoms with Gasteiger partial charge in [0.1, 0.15) is 0 Å². The second-order valence-electron chi connectivity index (χ2n) is 8.87. The van der Waals surface area contributed by atoms with Crippen molar-refractivity contribution in [2.45, 2.75) is 99.5 Å². The summed E-state index contributed by atoms with van der Waals surface area (Å²) < 4.78 is 42.2. The Morgan fingerprint density at radius 2 is 1.78 bits per heavy atom. The average molecular weight is 505 g/mol. The summed E-state index contributed by atoms with van der Waals surface area (Å²) in [5.74, 6) is 0.426. The Balaban J connectivity index is 1.69. The van der Waals surface area contributed by atoms with E-state index in [9.17, 15) is 13.5 Å². The summed E-state index contributed by atoms with van der Waals surface area (Å²) in [5, 5.41) is 11.4. The fraction of sp³-hybridized carbons (Fsp3) is 0.739. The minimum atomic E-state index is -4.04. The molecule has 3 rings (SSSR count). The summed E-state index contributed by atoms with van der Waals surface area (Å²) in [7, 11) is -4.04. The molecular formula is C23H36O6S3. The van der Waals surface area contributed by atoms with Gasteiger partial charge in [-0.1, -0.05) is 37.5 Å². The maximum Gasteiger partial charge on any atom is 0.302 e. The number of hydrogen-bond acceptors (Lipinski definition) is 8. The van der Waals surface area contributed by atoms with Crippen molar-refractivity contribution in [1.82, 2.24) is 0 Å². The average Bonchev–Trinajstić information content (AvgIpc) is 2.72. The van der Waals surface area contributed by atoms with Crippen molar-refractivity contribution in [2.75, 3.05) is 11.5 Å². The summed E-state index contributed by atoms with van der Waals surface area (Å²) in [5.41, 5.74) is 0.154. The SMILES string of the molecule is CCCCC(C)(O)C1(CCCC2(OS(=O)(=O)c3ccc(C)cc3)OC(C)O2)SCCCS1. The molecule has 1 aromatic carbocycles. The number of hydrogen-bond donors (Lipinski definition) is 1. The van der Waals surface area contributed by atoms with Gasteiger partial charge in [-0.05, 0) is 70.1 Å². The van der Waals surface area contributed by atoms with E-state index in [1.54, 1.807) is 19.1 Å². The Hall–Kier alpha value is -0.290. The first-order chi connectivity index (χ1) is 15.0. The van der Waals surface area contributed by atoms with E-state index in [-0.39, 0.29) is 15.4 Å². The second-order valence-corrected chi connectivity index (χ2v) is 13.5. The van der Waals surface area contributed by atoms with E-state index in [1.165, 1.54) is 12.1 Å². The lowest BCUT2D eigenvalue weighted by molar-refractivity contribution is -0.515. The van der Waals surface area contributed by atoms with Crippen LogP contribution < -0.4 is 0 Å². The molecule has 1 N–H and O–H groups in total. The zero-order valence-corrected chi connectivity index (χ0v) is 21.9. The third-order valence-electron chi connectivity index (χ3n) is 6.02. The molecule has 1 unspecified atom stereocenters. The lowest BCUT2D eigenvalue weighted by Crippen LogP contribution is -2.55. The van der Waals surface area contributed by atoms with E-state index in [0.29, 0.717) is 6.42 Å². The van der Waals surface area contributed by atoms with Gasteiger partial charge in [0.05, 0.1) is 14.6 Å². The van der Waals surface area contributed by atoms with E-state index in [1.807, 2.05) is 37.4 Å². The summed E-state index contributed by atoms with van der Waals surface area (Å²) in [6.07, 6.45) is 4.96. The highest BCUT2D eigenvalue weighted by Gasteiger charge is 2.52. The van der Waals surface area contributed by atoms with Crippen LogP contribution in [0.5, 0.6) is 0 Å². The lowest BCUT2D eigenvalue weighted by atomic mass is 9.91. The highest BCUT2D eigenvalue weighted by molar-refractivity contribution is 8.18. The number of unbranched alkanes of at least 4 members (excludes halogenated alkanes) is 1. The third-order valence-corrected chi connectivity index (χ3v) is 11.3. The zero-order valence-electron chi connectivity index (χ0n) is 19.5. The number of aryl methyl sites for hydroxylation is 1. The third kappa shape index (κ3) is 6.03. The monoisotopic (exact) mass is 504 g/mol. The molecule has 0 bridgehead atoms. The number of thioether (sulfide) groups is 2. The molecule has 9 heteroatoms. The molecule has 2 heterocycles. The van der Waals surface area contributed by atoms with Crippen LogP contribution in [-0.4, -0.2) is 47.0 Å². The minimum Gasteiger partial charge on any atom is -0.388 e. The molecule has 0 spiro atoms. The quantitative estimate of drug-likeness (QED) is 0.400. The Morgan fingerprint density at radius 1 is 1.16 bits per heavy atom. The van der Waals surface area contributed by atoms with Crippen LogP contribution in [0, 0.1) is 6.92 Å². The number of benzene rings is 1. The zero-order chi connectivity index (χ0) is 23.5. The van der Waals surface area contributed by atoms with Crippen molar-refractivity contribution in [3.05, 3.63) is 29.8 Å². The molecule has 1 aromatic rings. The second kappa shape index (κ2) is 10.5. The fourth-order valence-corrected chi connectivity index (χ4v) is 8.90. The van der Waals surface area contributed by atoms with Crippen molar-refractivity contribution >= 4 is 33.6 Å². The van der Waals surface area contributed by atoms with E-state index < -0.39 is 28.0 Å². The maximum atomic E-state index is 12.8. The van der Waals surface area contributed by atoms with E-state index in [0.717, 1.165) is 49.2 Å². The molecular weight excluding hydrogens is 468 g/mol. The van der Waals surface area contributed by atoms with Crippen molar-refractivity contribution in [2.24, 2.45) is 0 Å². The molecule has 0 aromatic heterocycles. The normalized spacial score (nSPS) is 27.5. The summed E-state index contributed by atoms with van der Waals surface area (Å²) >= 11 is 3.66. The van der Waals surface area contributed by atoms with Gasteiger partial charge in [0.2, 0.25) is 0 Å². The molecule has 2 fully saturated rings. The Labute approximate surface area is 201 Å². The van der Waals surface area contributed by atoms with Crippen LogP contribution in [0.1, 0.15) is 71.3 Å². The molecule has 1 atom stereocenters. The standard InChI is InChI=1S/C23H36O6S3/c1-5-6-13-21(4,24)22(30-16-8-17-31-22)14-7-15-23(27-19(3)28-23)29-32(25,26)20-11-9-18(2)10-12-20/h9-12,19,24H,5-8,13-17H2,1-4H3. The fourth-order valence-electron chi connectivity index (χ4n) is 4.18. The van der Waals surface area contributed by atoms with Crippen LogP contribution in [0.2, 0.25) is 0 Å². The molecule has 2 aliphatic heterocycles. The van der Waals surface area contributed by atoms with Crippen LogP contribution in [0.25, 0.3) is 0 Å². The first-order valence-electron chi connectivity index (χ1n) is 11.4. The first kappa shape index (κ1) is 26.3. The molecule has 0 amide bonds. The number of aliphatic hydroxyl groups is 1. The minimum absolute atomic E-state index is 0.0755. The van der Waals surface area contributed by atoms with Gasteiger partial charge in [-0.25, -0.2) is 4.18 Å². The van der Waals surface area contributed by atoms with Crippen LogP contribution in [0.3, 0.4) is 0 Å². The topological polar surface area (TPSA) is 82.1 Å². The Kier molecular flexibility index (Phi) is 8.67. The molecule has 32 heavy (non-hydrogen) atoms. The predicted octanol–water partition coefficient (Wildman–Crippen LogP) is 5.42. The van der Waals surface area contributed by atoms with Crippen LogP contribution in [0.4, 0.5) is 0 Å². The van der Waals surface area contributed by atoms with Gasteiger partial charge in [-0.3, -0.25) is 9.47 Å². The smallest absolute Gasteiger partial charge is 0.302 e. The van der Waals surface area contributed by atoms with Crippen molar-refractivity contribution in [3.63, 3.8) is 0 Å². The number of ether oxygens (including phenoxy) is 2. The molecule has 2 aliphatic rings. The number of rotatable bonds is 11. The maximum absolute atomic E-state index is 12.8. The van der Waals surface area contributed by atoms with Crippen molar-refractivity contribution in [1.29, 1.82) is 0 Å². The summed E-state index contributed by atoms with van der Waals surface area (Å²) in [6.45, 7) is 7.68. The van der Waals surface area contributed by atoms with E-state index in [4.69, 9.17) is 13.7 Å². The molecule has 0 aliphatic carbocycles. The van der Waals surface area contributed by atoms with E-state index >= 15 is 0 Å². The summed E-state index contributed by atoms with van der Waals surface area (Å²) in [4.78, 5) is 0.0755. The molecule has 6 nitrogen and oxygen atoms in total. The van der Waals surface area contributed by atoms with Crippen molar-refractivity contribution in [3.8, 4) is 0 Å². The molecule has 2 saturated heterocycles. The van der Waals surface area contributed by atoms with Gasteiger partial charge in [-0.15, -0.1) is 23.5 Å². The largest absolute Gasteiger partial charge is 0.388 e. The van der Waals surface area contributed by atoms with Gasteiger partial charge >= 0.3 is 16.1 Å². The first-order valence-corrected chi connectivity index (χ1v) is 14.8. The van der Waals surface area contributed by atoms with Gasteiger partial charge in [0.15, 0.2) is 6.29 Å². The highest BCUT2D eigenvalue weighted by Crippen LogP contribution is 2.54. The van der Waals surface area contributed by atoms with Crippen LogP contribution in [0.15, 0.2) is 29.2 Å². The van der Waals surface area contributed by atoms with Gasteiger partial charge in [-0.2, -0.15) is 8.42 Å². The predicted molar refractivity (Wildman–Crippen MR) is 130 cm³/mol. The Morgan fingerprint density at radius 3 is 2.34 bits per heavy atom. The molecule has 0 radical (unpaired) electrons. The lowest BCUT2D eigenvalue weighted by Gasteiger charge is -2.48. The Bertz CT molecular complexity index is 841. The van der Waals surface area contributed by atoms with Gasteiger partial charge < -0.3 is 5.11 Å². The van der Waals surface area contributed by atoms with Gasteiger partial charge in [0, 0.05) is 6.42 Å². The van der Waals surface area contributed by atoms with Gasteiger partial charge in [0.25, 0.3) is 0 Å². The molecule has 0 saturated carbocycles. The molecule has 182 valence electrons. The van der Waals surface area contributed by atoms with E-state index in [2.05, 4.69) is 6.92 Å². The highest BCUT2D eigenvalue weighted by atomic mass is 32.2. The van der Waals surface area contributed by atoms with Crippen LogP contribution >= 0.6 is 23.5 Å². The summed E-state index contributed by atoms with van der Waals surface area (Å²) in [6, 6.07) is 6.51. The van der Waals surface area contributed by atoms with Crippen molar-refractivity contribution < 1.29 is 27.2 Å².